The fourth-order valence-electron chi connectivity index (χ4n) is 2.45. The molecule has 0 bridgehead atoms. The van der Waals surface area contributed by atoms with Gasteiger partial charge >= 0.3 is 0 Å². The zero-order chi connectivity index (χ0) is 16.6. The zero-order valence-corrected chi connectivity index (χ0v) is 14.3. The highest BCUT2D eigenvalue weighted by Crippen LogP contribution is 2.38. The molecule has 0 saturated heterocycles. The highest BCUT2D eigenvalue weighted by molar-refractivity contribution is 7.90. The van der Waals surface area contributed by atoms with Crippen molar-refractivity contribution in [2.45, 2.75) is 30.9 Å². The van der Waals surface area contributed by atoms with Gasteiger partial charge in [0.15, 0.2) is 21.3 Å². The monoisotopic (exact) mass is 357 g/mol. The summed E-state index contributed by atoms with van der Waals surface area (Å²) in [6.07, 6.45) is 0.594. The van der Waals surface area contributed by atoms with E-state index < -0.39 is 9.84 Å². The summed E-state index contributed by atoms with van der Waals surface area (Å²) in [4.78, 5) is 0.0195. The first-order valence-electron chi connectivity index (χ1n) is 7.18. The van der Waals surface area contributed by atoms with E-state index in [1.54, 1.807) is 6.92 Å². The smallest absolute Gasteiger partial charge is 0.184 e. The molecule has 1 aliphatic heterocycles. The van der Waals surface area contributed by atoms with Gasteiger partial charge in [-0.2, -0.15) is 0 Å². The van der Waals surface area contributed by atoms with Gasteiger partial charge in [0.05, 0.1) is 21.4 Å². The topological polar surface area (TPSA) is 78.6 Å². The highest BCUT2D eigenvalue weighted by atomic mass is 35.5. The predicted octanol–water partition coefficient (Wildman–Crippen LogP) is 2.94. The Labute approximate surface area is 139 Å². The summed E-state index contributed by atoms with van der Waals surface area (Å²) in [6.45, 7) is 4.38. The fraction of sp³-hybridized carbons (Fsp3) is 0.400. The number of benzene rings is 1. The summed E-state index contributed by atoms with van der Waals surface area (Å²) < 4.78 is 41.5. The van der Waals surface area contributed by atoms with Crippen molar-refractivity contribution in [1.82, 2.24) is 5.16 Å². The van der Waals surface area contributed by atoms with Gasteiger partial charge in [-0.25, -0.2) is 8.42 Å². The molecule has 2 heterocycles. The molecule has 1 aromatic heterocycles. The lowest BCUT2D eigenvalue weighted by Crippen LogP contribution is -2.16. The van der Waals surface area contributed by atoms with Gasteiger partial charge in [-0.15, -0.1) is 0 Å². The van der Waals surface area contributed by atoms with Crippen LogP contribution in [0.4, 0.5) is 0 Å². The standard InChI is InChI=1S/C15H16ClNO5S/c1-3-12-10(9(2)22-17-12)8-23(18,19)15-7-14-13(6-11(15)16)20-4-5-21-14/h6-7H,3-5,8H2,1-2H3. The van der Waals surface area contributed by atoms with Gasteiger partial charge in [0, 0.05) is 17.7 Å². The van der Waals surface area contributed by atoms with E-state index in [4.69, 9.17) is 25.6 Å². The molecule has 0 N–H and O–H groups in total. The Bertz CT molecular complexity index is 844. The zero-order valence-electron chi connectivity index (χ0n) is 12.8. The van der Waals surface area contributed by atoms with Crippen molar-refractivity contribution in [2.24, 2.45) is 0 Å². The van der Waals surface area contributed by atoms with Crippen molar-refractivity contribution in [1.29, 1.82) is 0 Å². The first-order valence-corrected chi connectivity index (χ1v) is 9.21. The quantitative estimate of drug-likeness (QED) is 0.837. The Morgan fingerprint density at radius 2 is 1.87 bits per heavy atom. The average molecular weight is 358 g/mol. The van der Waals surface area contributed by atoms with Crippen LogP contribution in [-0.2, 0) is 22.0 Å². The minimum Gasteiger partial charge on any atom is -0.486 e. The Balaban J connectivity index is 2.01. The second-order valence-electron chi connectivity index (χ2n) is 5.20. The molecule has 0 radical (unpaired) electrons. The molecule has 6 nitrogen and oxygen atoms in total. The summed E-state index contributed by atoms with van der Waals surface area (Å²) >= 11 is 6.15. The van der Waals surface area contributed by atoms with Crippen LogP contribution in [0.5, 0.6) is 11.5 Å². The number of nitrogens with zero attached hydrogens (tertiary/aromatic N) is 1. The van der Waals surface area contributed by atoms with E-state index in [1.807, 2.05) is 6.92 Å². The van der Waals surface area contributed by atoms with Gasteiger partial charge in [0.25, 0.3) is 0 Å². The average Bonchev–Trinajstić information content (AvgIpc) is 2.86. The molecule has 2 aromatic rings. The van der Waals surface area contributed by atoms with E-state index in [0.29, 0.717) is 48.2 Å². The normalized spacial score (nSPS) is 14.0. The summed E-state index contributed by atoms with van der Waals surface area (Å²) in [5.74, 6) is 1.12. The maximum absolute atomic E-state index is 12.8. The van der Waals surface area contributed by atoms with Crippen molar-refractivity contribution in [3.05, 3.63) is 34.2 Å². The number of fused-ring (bicyclic) bond motifs is 1. The van der Waals surface area contributed by atoms with Crippen LogP contribution in [0.25, 0.3) is 0 Å². The fourth-order valence-corrected chi connectivity index (χ4v) is 4.51. The third kappa shape index (κ3) is 3.03. The molecular formula is C15H16ClNO5S. The molecule has 0 spiro atoms. The number of aromatic nitrogens is 1. The van der Waals surface area contributed by atoms with Crippen molar-refractivity contribution in [3.8, 4) is 11.5 Å². The van der Waals surface area contributed by atoms with Crippen LogP contribution >= 0.6 is 11.6 Å². The first kappa shape index (κ1) is 16.1. The molecule has 3 rings (SSSR count). The van der Waals surface area contributed by atoms with Crippen LogP contribution in [-0.4, -0.2) is 26.8 Å². The first-order chi connectivity index (χ1) is 10.9. The lowest BCUT2D eigenvalue weighted by molar-refractivity contribution is 0.171. The van der Waals surface area contributed by atoms with Crippen LogP contribution in [0.3, 0.4) is 0 Å². The third-order valence-corrected chi connectivity index (χ3v) is 5.77. The van der Waals surface area contributed by atoms with E-state index in [9.17, 15) is 8.42 Å². The molecular weight excluding hydrogens is 342 g/mol. The molecule has 0 saturated carbocycles. The summed E-state index contributed by atoms with van der Waals surface area (Å²) in [6, 6.07) is 2.89. The summed E-state index contributed by atoms with van der Waals surface area (Å²) in [7, 11) is -3.67. The number of rotatable bonds is 4. The highest BCUT2D eigenvalue weighted by Gasteiger charge is 2.26. The van der Waals surface area contributed by atoms with Crippen molar-refractivity contribution in [2.75, 3.05) is 13.2 Å². The molecule has 124 valence electrons. The van der Waals surface area contributed by atoms with E-state index >= 15 is 0 Å². The predicted molar refractivity (Wildman–Crippen MR) is 83.9 cm³/mol. The second-order valence-corrected chi connectivity index (χ2v) is 7.57. The Morgan fingerprint density at radius 1 is 1.22 bits per heavy atom. The van der Waals surface area contributed by atoms with Crippen LogP contribution in [0.1, 0.15) is 23.9 Å². The molecule has 0 unspecified atom stereocenters. The van der Waals surface area contributed by atoms with E-state index in [-0.39, 0.29) is 15.7 Å². The van der Waals surface area contributed by atoms with E-state index in [0.717, 1.165) is 0 Å². The van der Waals surface area contributed by atoms with Gasteiger partial charge in [0.1, 0.15) is 19.0 Å². The van der Waals surface area contributed by atoms with Gasteiger partial charge in [-0.1, -0.05) is 23.7 Å². The van der Waals surface area contributed by atoms with Gasteiger partial charge in [-0.05, 0) is 13.3 Å². The number of sulfone groups is 1. The molecule has 0 aliphatic carbocycles. The Kier molecular flexibility index (Phi) is 4.25. The maximum Gasteiger partial charge on any atom is 0.184 e. The second kappa shape index (κ2) is 6.05. The minimum absolute atomic E-state index is 0.0195. The number of hydrogen-bond acceptors (Lipinski definition) is 6. The van der Waals surface area contributed by atoms with Gasteiger partial charge in [0.2, 0.25) is 0 Å². The van der Waals surface area contributed by atoms with Crippen LogP contribution in [0.15, 0.2) is 21.6 Å². The third-order valence-electron chi connectivity index (χ3n) is 3.67. The van der Waals surface area contributed by atoms with Gasteiger partial charge in [-0.3, -0.25) is 0 Å². The number of hydrogen-bond donors (Lipinski definition) is 0. The molecule has 0 atom stereocenters. The summed E-state index contributed by atoms with van der Waals surface area (Å²) in [5, 5.41) is 4.00. The number of ether oxygens (including phenoxy) is 2. The van der Waals surface area contributed by atoms with Crippen LogP contribution in [0, 0.1) is 6.92 Å². The van der Waals surface area contributed by atoms with Gasteiger partial charge < -0.3 is 14.0 Å². The molecule has 8 heteroatoms. The largest absolute Gasteiger partial charge is 0.486 e. The number of halogens is 1. The lowest BCUT2D eigenvalue weighted by atomic mass is 10.2. The summed E-state index contributed by atoms with van der Waals surface area (Å²) in [5.41, 5.74) is 1.22. The van der Waals surface area contributed by atoms with E-state index in [2.05, 4.69) is 5.16 Å². The molecule has 0 amide bonds. The lowest BCUT2D eigenvalue weighted by Gasteiger charge is -2.19. The van der Waals surface area contributed by atoms with Crippen LogP contribution in [0.2, 0.25) is 5.02 Å². The molecule has 0 fully saturated rings. The Hall–Kier alpha value is -1.73. The maximum atomic E-state index is 12.8. The molecule has 1 aromatic carbocycles. The van der Waals surface area contributed by atoms with Crippen molar-refractivity contribution >= 4 is 21.4 Å². The number of aryl methyl sites for hydroxylation is 2. The van der Waals surface area contributed by atoms with E-state index in [1.165, 1.54) is 12.1 Å². The van der Waals surface area contributed by atoms with Crippen molar-refractivity contribution in [3.63, 3.8) is 0 Å². The Morgan fingerprint density at radius 3 is 2.52 bits per heavy atom. The molecule has 1 aliphatic rings. The van der Waals surface area contributed by atoms with Crippen LogP contribution < -0.4 is 9.47 Å². The SMILES string of the molecule is CCc1noc(C)c1CS(=O)(=O)c1cc2c(cc1Cl)OCCO2. The minimum atomic E-state index is -3.67. The van der Waals surface area contributed by atoms with Crippen molar-refractivity contribution < 1.29 is 22.4 Å². The molecule has 23 heavy (non-hydrogen) atoms.